The van der Waals surface area contributed by atoms with Crippen LogP contribution in [0.15, 0.2) is 0 Å². The third-order valence-corrected chi connectivity index (χ3v) is 2.70. The van der Waals surface area contributed by atoms with Crippen molar-refractivity contribution in [1.82, 2.24) is 4.90 Å². The minimum absolute atomic E-state index is 0.0226. The van der Waals surface area contributed by atoms with Gasteiger partial charge < -0.3 is 10.0 Å². The van der Waals surface area contributed by atoms with Gasteiger partial charge in [-0.25, -0.2) is 0 Å². The van der Waals surface area contributed by atoms with Gasteiger partial charge in [-0.15, -0.1) is 0 Å². The number of carbonyl (C=O) groups excluding carboxylic acids is 1. The largest absolute Gasteiger partial charge is 0.380 e. The van der Waals surface area contributed by atoms with Gasteiger partial charge in [-0.2, -0.15) is 0 Å². The highest BCUT2D eigenvalue weighted by atomic mass is 16.3. The lowest BCUT2D eigenvalue weighted by Gasteiger charge is -2.38. The van der Waals surface area contributed by atoms with E-state index in [1.54, 1.807) is 11.8 Å². The number of rotatable bonds is 2. The molecule has 0 radical (unpaired) electrons. The highest BCUT2D eigenvalue weighted by molar-refractivity contribution is 5.85. The van der Waals surface area contributed by atoms with E-state index in [1.165, 1.54) is 0 Å². The second-order valence-corrected chi connectivity index (χ2v) is 3.95. The first kappa shape index (κ1) is 9.52. The maximum Gasteiger partial charge on any atom is 0.254 e. The van der Waals surface area contributed by atoms with Crippen LogP contribution in [-0.2, 0) is 4.79 Å². The summed E-state index contributed by atoms with van der Waals surface area (Å²) in [5.74, 6) is -0.144. The molecule has 0 aromatic carbocycles. The van der Waals surface area contributed by atoms with E-state index in [0.29, 0.717) is 0 Å². The van der Waals surface area contributed by atoms with E-state index in [0.717, 1.165) is 19.5 Å². The molecular weight excluding hydrogens is 154 g/mol. The van der Waals surface area contributed by atoms with E-state index in [4.69, 9.17) is 0 Å². The molecule has 1 saturated heterocycles. The van der Waals surface area contributed by atoms with E-state index in [2.05, 4.69) is 0 Å². The third-order valence-electron chi connectivity index (χ3n) is 2.70. The van der Waals surface area contributed by atoms with Crippen molar-refractivity contribution < 1.29 is 9.90 Å². The van der Waals surface area contributed by atoms with Crippen LogP contribution in [0.3, 0.4) is 0 Å². The van der Waals surface area contributed by atoms with Crippen molar-refractivity contribution in [3.63, 3.8) is 0 Å². The van der Waals surface area contributed by atoms with E-state index >= 15 is 0 Å². The first-order valence-electron chi connectivity index (χ1n) is 4.48. The topological polar surface area (TPSA) is 40.5 Å². The van der Waals surface area contributed by atoms with Crippen molar-refractivity contribution >= 4 is 5.91 Å². The van der Waals surface area contributed by atoms with E-state index in [9.17, 15) is 9.90 Å². The monoisotopic (exact) mass is 171 g/mol. The van der Waals surface area contributed by atoms with Gasteiger partial charge >= 0.3 is 0 Å². The number of hydrogen-bond donors (Lipinski definition) is 1. The summed E-state index contributed by atoms with van der Waals surface area (Å²) >= 11 is 0. The first-order valence-corrected chi connectivity index (χ1v) is 4.48. The maximum absolute atomic E-state index is 11.6. The average Bonchev–Trinajstić information content (AvgIpc) is 1.83. The highest BCUT2D eigenvalue weighted by Gasteiger charge is 2.38. The standard InChI is InChI=1S/C9H17NO2/c1-7(2)9(3,12)8(11)10-5-4-6-10/h7,12H,4-6H2,1-3H3. The van der Waals surface area contributed by atoms with Gasteiger partial charge in [0.05, 0.1) is 0 Å². The first-order chi connectivity index (χ1) is 5.46. The molecule has 0 aliphatic carbocycles. The number of hydrogen-bond acceptors (Lipinski definition) is 2. The molecule has 1 atom stereocenters. The smallest absolute Gasteiger partial charge is 0.254 e. The van der Waals surface area contributed by atoms with Crippen LogP contribution >= 0.6 is 0 Å². The Labute approximate surface area is 73.4 Å². The fraction of sp³-hybridized carbons (Fsp3) is 0.889. The summed E-state index contributed by atoms with van der Waals surface area (Å²) < 4.78 is 0. The van der Waals surface area contributed by atoms with Gasteiger partial charge in [-0.1, -0.05) is 13.8 Å². The zero-order valence-corrected chi connectivity index (χ0v) is 8.00. The number of nitrogens with zero attached hydrogens (tertiary/aromatic N) is 1. The highest BCUT2D eigenvalue weighted by Crippen LogP contribution is 2.21. The van der Waals surface area contributed by atoms with Crippen LogP contribution in [-0.4, -0.2) is 34.6 Å². The molecule has 1 amide bonds. The Balaban J connectivity index is 2.60. The molecule has 1 aliphatic heterocycles. The molecule has 1 fully saturated rings. The maximum atomic E-state index is 11.6. The van der Waals surface area contributed by atoms with Crippen LogP contribution in [0.2, 0.25) is 0 Å². The minimum atomic E-state index is -1.18. The summed E-state index contributed by atoms with van der Waals surface area (Å²) in [4.78, 5) is 13.3. The summed E-state index contributed by atoms with van der Waals surface area (Å²) in [5.41, 5.74) is -1.18. The second-order valence-electron chi connectivity index (χ2n) is 3.95. The fourth-order valence-corrected chi connectivity index (χ4v) is 1.09. The summed E-state index contributed by atoms with van der Waals surface area (Å²) in [6.07, 6.45) is 1.07. The van der Waals surface area contributed by atoms with E-state index in [-0.39, 0.29) is 11.8 Å². The van der Waals surface area contributed by atoms with E-state index < -0.39 is 5.60 Å². The lowest BCUT2D eigenvalue weighted by molar-refractivity contribution is -0.157. The van der Waals surface area contributed by atoms with Crippen molar-refractivity contribution in [2.45, 2.75) is 32.8 Å². The van der Waals surface area contributed by atoms with Crippen LogP contribution in [0, 0.1) is 5.92 Å². The van der Waals surface area contributed by atoms with Crippen LogP contribution in [0.1, 0.15) is 27.2 Å². The fourth-order valence-electron chi connectivity index (χ4n) is 1.09. The number of carbonyl (C=O) groups is 1. The van der Waals surface area contributed by atoms with Crippen molar-refractivity contribution in [1.29, 1.82) is 0 Å². The van der Waals surface area contributed by atoms with Gasteiger partial charge in [0.1, 0.15) is 5.60 Å². The lowest BCUT2D eigenvalue weighted by atomic mass is 9.90. The Kier molecular flexibility index (Phi) is 2.42. The van der Waals surface area contributed by atoms with Gasteiger partial charge in [-0.3, -0.25) is 4.79 Å². The van der Waals surface area contributed by atoms with Crippen molar-refractivity contribution in [3.05, 3.63) is 0 Å². The molecule has 1 heterocycles. The Morgan fingerprint density at radius 3 is 2.25 bits per heavy atom. The summed E-state index contributed by atoms with van der Waals surface area (Å²) in [5, 5.41) is 9.80. The molecule has 1 N–H and O–H groups in total. The zero-order valence-electron chi connectivity index (χ0n) is 8.00. The Bertz CT molecular complexity index is 183. The minimum Gasteiger partial charge on any atom is -0.380 e. The molecule has 0 aromatic heterocycles. The molecular formula is C9H17NO2. The van der Waals surface area contributed by atoms with Gasteiger partial charge in [0.2, 0.25) is 0 Å². The third kappa shape index (κ3) is 1.46. The van der Waals surface area contributed by atoms with Gasteiger partial charge in [0, 0.05) is 13.1 Å². The molecule has 1 aliphatic rings. The Hall–Kier alpha value is -0.570. The second kappa shape index (κ2) is 3.05. The normalized spacial score (nSPS) is 21.9. The van der Waals surface area contributed by atoms with E-state index in [1.807, 2.05) is 13.8 Å². The van der Waals surface area contributed by atoms with Crippen LogP contribution in [0.4, 0.5) is 0 Å². The Morgan fingerprint density at radius 1 is 1.50 bits per heavy atom. The quantitative estimate of drug-likeness (QED) is 0.662. The molecule has 3 heteroatoms. The molecule has 12 heavy (non-hydrogen) atoms. The number of amides is 1. The van der Waals surface area contributed by atoms with Crippen molar-refractivity contribution in [2.24, 2.45) is 5.92 Å². The molecule has 0 bridgehead atoms. The summed E-state index contributed by atoms with van der Waals surface area (Å²) in [7, 11) is 0. The van der Waals surface area contributed by atoms with Crippen molar-refractivity contribution in [3.8, 4) is 0 Å². The average molecular weight is 171 g/mol. The Morgan fingerprint density at radius 2 is 2.00 bits per heavy atom. The predicted molar refractivity (Wildman–Crippen MR) is 46.7 cm³/mol. The van der Waals surface area contributed by atoms with Gasteiger partial charge in [-0.05, 0) is 19.3 Å². The zero-order chi connectivity index (χ0) is 9.35. The SMILES string of the molecule is CC(C)C(C)(O)C(=O)N1CCC1. The lowest BCUT2D eigenvalue weighted by Crippen LogP contribution is -2.54. The molecule has 1 unspecified atom stereocenters. The molecule has 70 valence electrons. The van der Waals surface area contributed by atoms with Gasteiger partial charge in [0.25, 0.3) is 5.91 Å². The molecule has 0 spiro atoms. The summed E-state index contributed by atoms with van der Waals surface area (Å²) in [6.45, 7) is 6.93. The van der Waals surface area contributed by atoms with Crippen LogP contribution < -0.4 is 0 Å². The molecule has 3 nitrogen and oxygen atoms in total. The number of likely N-dealkylation sites (tertiary alicyclic amines) is 1. The van der Waals surface area contributed by atoms with Crippen LogP contribution in [0.25, 0.3) is 0 Å². The van der Waals surface area contributed by atoms with Gasteiger partial charge in [0.15, 0.2) is 0 Å². The predicted octanol–water partition coefficient (Wildman–Crippen LogP) is 0.626. The number of aliphatic hydroxyl groups is 1. The molecule has 1 rings (SSSR count). The van der Waals surface area contributed by atoms with Crippen LogP contribution in [0.5, 0.6) is 0 Å². The van der Waals surface area contributed by atoms with Crippen molar-refractivity contribution in [2.75, 3.05) is 13.1 Å². The molecule has 0 saturated carbocycles. The summed E-state index contributed by atoms with van der Waals surface area (Å²) in [6, 6.07) is 0. The molecule has 0 aromatic rings.